The van der Waals surface area contributed by atoms with Crippen LogP contribution in [0.5, 0.6) is 0 Å². The molecule has 0 radical (unpaired) electrons. The van der Waals surface area contributed by atoms with Crippen LogP contribution in [0, 0.1) is 0 Å². The van der Waals surface area contributed by atoms with Crippen molar-refractivity contribution in [3.63, 3.8) is 0 Å². The average molecular weight is 235 g/mol. The van der Waals surface area contributed by atoms with E-state index in [4.69, 9.17) is 4.52 Å². The van der Waals surface area contributed by atoms with Crippen molar-refractivity contribution in [1.29, 1.82) is 0 Å². The molecule has 0 bridgehead atoms. The zero-order chi connectivity index (χ0) is 11.7. The first-order chi connectivity index (χ1) is 8.28. The van der Waals surface area contributed by atoms with Crippen LogP contribution >= 0.6 is 0 Å². The molecule has 1 aliphatic carbocycles. The van der Waals surface area contributed by atoms with Crippen molar-refractivity contribution >= 4 is 0 Å². The monoisotopic (exact) mass is 235 g/mol. The summed E-state index contributed by atoms with van der Waals surface area (Å²) in [4.78, 5) is 4.68. The van der Waals surface area contributed by atoms with Gasteiger partial charge in [-0.1, -0.05) is 24.9 Å². The number of hydrogen-bond acceptors (Lipinski definition) is 4. The molecular formula is C13H21N3O. The average Bonchev–Trinajstić information content (AvgIpc) is 3.01. The minimum Gasteiger partial charge on any atom is -0.339 e. The van der Waals surface area contributed by atoms with Gasteiger partial charge in [-0.2, -0.15) is 4.98 Å². The van der Waals surface area contributed by atoms with Gasteiger partial charge in [0, 0.05) is 11.3 Å². The van der Waals surface area contributed by atoms with E-state index in [0.29, 0.717) is 5.92 Å². The van der Waals surface area contributed by atoms with Crippen LogP contribution in [-0.2, 0) is 5.41 Å². The van der Waals surface area contributed by atoms with Gasteiger partial charge in [-0.05, 0) is 38.8 Å². The molecule has 1 N–H and O–H groups in total. The number of rotatable bonds is 2. The Morgan fingerprint density at radius 2 is 1.94 bits per heavy atom. The summed E-state index contributed by atoms with van der Waals surface area (Å²) < 4.78 is 5.53. The van der Waals surface area contributed by atoms with E-state index in [1.165, 1.54) is 25.7 Å². The maximum Gasteiger partial charge on any atom is 0.232 e. The molecule has 1 saturated carbocycles. The lowest BCUT2D eigenvalue weighted by Gasteiger charge is -2.30. The van der Waals surface area contributed by atoms with Crippen molar-refractivity contribution in [1.82, 2.24) is 15.5 Å². The van der Waals surface area contributed by atoms with Gasteiger partial charge in [0.2, 0.25) is 5.89 Å². The normalized spacial score (nSPS) is 25.2. The number of aromatic nitrogens is 2. The Kier molecular flexibility index (Phi) is 2.90. The molecule has 0 aromatic carbocycles. The molecule has 3 rings (SSSR count). The summed E-state index contributed by atoms with van der Waals surface area (Å²) in [7, 11) is 0. The molecule has 17 heavy (non-hydrogen) atoms. The molecule has 1 saturated heterocycles. The largest absolute Gasteiger partial charge is 0.339 e. The highest BCUT2D eigenvalue weighted by Gasteiger charge is 2.35. The third-order valence-electron chi connectivity index (χ3n) is 4.39. The van der Waals surface area contributed by atoms with E-state index in [9.17, 15) is 0 Å². The molecule has 0 unspecified atom stereocenters. The second kappa shape index (κ2) is 4.41. The van der Waals surface area contributed by atoms with E-state index in [0.717, 1.165) is 37.6 Å². The number of piperidine rings is 1. The lowest BCUT2D eigenvalue weighted by Crippen LogP contribution is -2.37. The van der Waals surface area contributed by atoms with E-state index in [-0.39, 0.29) is 5.41 Å². The van der Waals surface area contributed by atoms with Crippen molar-refractivity contribution in [3.05, 3.63) is 11.7 Å². The third-order valence-corrected chi connectivity index (χ3v) is 4.39. The van der Waals surface area contributed by atoms with Gasteiger partial charge in [-0.15, -0.1) is 0 Å². The summed E-state index contributed by atoms with van der Waals surface area (Å²) in [6, 6.07) is 0. The van der Waals surface area contributed by atoms with Gasteiger partial charge in [-0.3, -0.25) is 0 Å². The first kappa shape index (κ1) is 11.2. The molecule has 1 aliphatic heterocycles. The van der Waals surface area contributed by atoms with Crippen LogP contribution in [0.1, 0.15) is 63.1 Å². The maximum atomic E-state index is 5.53. The van der Waals surface area contributed by atoms with Crippen LogP contribution in [-0.4, -0.2) is 23.2 Å². The first-order valence-corrected chi connectivity index (χ1v) is 6.83. The molecule has 2 aliphatic rings. The van der Waals surface area contributed by atoms with E-state index in [1.807, 2.05) is 0 Å². The van der Waals surface area contributed by atoms with Crippen LogP contribution in [0.15, 0.2) is 4.52 Å². The summed E-state index contributed by atoms with van der Waals surface area (Å²) in [5.74, 6) is 2.37. The Morgan fingerprint density at radius 1 is 1.24 bits per heavy atom. The van der Waals surface area contributed by atoms with Crippen LogP contribution in [0.4, 0.5) is 0 Å². The lowest BCUT2D eigenvalue weighted by atomic mass is 9.81. The topological polar surface area (TPSA) is 51.0 Å². The Labute approximate surface area is 102 Å². The predicted molar refractivity (Wildman–Crippen MR) is 65.0 cm³/mol. The van der Waals surface area contributed by atoms with E-state index in [2.05, 4.69) is 22.4 Å². The second-order valence-electron chi connectivity index (χ2n) is 5.75. The maximum absolute atomic E-state index is 5.53. The summed E-state index contributed by atoms with van der Waals surface area (Å²) in [6.45, 7) is 4.36. The Balaban J connectivity index is 1.78. The molecular weight excluding hydrogens is 214 g/mol. The van der Waals surface area contributed by atoms with Crippen LogP contribution < -0.4 is 5.32 Å². The zero-order valence-corrected chi connectivity index (χ0v) is 10.5. The minimum absolute atomic E-state index is 0.0924. The molecule has 2 fully saturated rings. The minimum atomic E-state index is 0.0924. The Hall–Kier alpha value is -0.900. The smallest absolute Gasteiger partial charge is 0.232 e. The second-order valence-corrected chi connectivity index (χ2v) is 5.75. The molecule has 1 aromatic heterocycles. The van der Waals surface area contributed by atoms with Crippen molar-refractivity contribution in [2.45, 2.75) is 56.8 Å². The quantitative estimate of drug-likeness (QED) is 0.855. The standard InChI is InChI=1S/C13H21N3O/c1-13(6-8-14-9-7-13)12-15-11(16-17-12)10-4-2-3-5-10/h10,14H,2-9H2,1H3. The Bertz CT molecular complexity index is 376. The van der Waals surface area contributed by atoms with Crippen LogP contribution in [0.2, 0.25) is 0 Å². The van der Waals surface area contributed by atoms with Crippen molar-refractivity contribution in [2.75, 3.05) is 13.1 Å². The fourth-order valence-corrected chi connectivity index (χ4v) is 3.02. The van der Waals surface area contributed by atoms with Gasteiger partial charge in [0.1, 0.15) is 0 Å². The van der Waals surface area contributed by atoms with Gasteiger partial charge in [0.25, 0.3) is 0 Å². The van der Waals surface area contributed by atoms with Gasteiger partial charge in [0.05, 0.1) is 0 Å². The highest BCUT2D eigenvalue weighted by molar-refractivity contribution is 5.07. The number of nitrogens with one attached hydrogen (secondary N) is 1. The van der Waals surface area contributed by atoms with Crippen LogP contribution in [0.3, 0.4) is 0 Å². The summed E-state index contributed by atoms with van der Waals surface area (Å²) in [5.41, 5.74) is 0.0924. The van der Waals surface area contributed by atoms with Gasteiger partial charge in [-0.25, -0.2) is 0 Å². The highest BCUT2D eigenvalue weighted by Crippen LogP contribution is 2.36. The summed E-state index contributed by atoms with van der Waals surface area (Å²) in [5, 5.41) is 7.59. The zero-order valence-electron chi connectivity index (χ0n) is 10.5. The SMILES string of the molecule is CC1(c2nc(C3CCCC3)no2)CCNCC1. The van der Waals surface area contributed by atoms with E-state index in [1.54, 1.807) is 0 Å². The highest BCUT2D eigenvalue weighted by atomic mass is 16.5. The van der Waals surface area contributed by atoms with Crippen molar-refractivity contribution in [2.24, 2.45) is 0 Å². The van der Waals surface area contributed by atoms with Gasteiger partial charge < -0.3 is 9.84 Å². The van der Waals surface area contributed by atoms with Gasteiger partial charge in [0.15, 0.2) is 5.82 Å². The first-order valence-electron chi connectivity index (χ1n) is 6.83. The molecule has 0 atom stereocenters. The molecule has 0 amide bonds. The fourth-order valence-electron chi connectivity index (χ4n) is 3.02. The van der Waals surface area contributed by atoms with E-state index >= 15 is 0 Å². The number of nitrogens with zero attached hydrogens (tertiary/aromatic N) is 2. The lowest BCUT2D eigenvalue weighted by molar-refractivity contribution is 0.240. The number of hydrogen-bond donors (Lipinski definition) is 1. The summed E-state index contributed by atoms with van der Waals surface area (Å²) >= 11 is 0. The predicted octanol–water partition coefficient (Wildman–Crippen LogP) is 2.37. The van der Waals surface area contributed by atoms with Crippen LogP contribution in [0.25, 0.3) is 0 Å². The molecule has 4 heteroatoms. The molecule has 1 aromatic rings. The Morgan fingerprint density at radius 3 is 2.65 bits per heavy atom. The van der Waals surface area contributed by atoms with Crippen molar-refractivity contribution < 1.29 is 4.52 Å². The van der Waals surface area contributed by atoms with E-state index < -0.39 is 0 Å². The molecule has 0 spiro atoms. The molecule has 2 heterocycles. The summed E-state index contributed by atoms with van der Waals surface area (Å²) in [6.07, 6.45) is 7.29. The molecule has 94 valence electrons. The third kappa shape index (κ3) is 2.10. The fraction of sp³-hybridized carbons (Fsp3) is 0.846. The molecule has 4 nitrogen and oxygen atoms in total. The van der Waals surface area contributed by atoms with Gasteiger partial charge >= 0.3 is 0 Å². The van der Waals surface area contributed by atoms with Crippen molar-refractivity contribution in [3.8, 4) is 0 Å².